The smallest absolute Gasteiger partial charge is 0.339 e. The van der Waals surface area contributed by atoms with Crippen LogP contribution in [0.1, 0.15) is 11.1 Å². The van der Waals surface area contributed by atoms with Gasteiger partial charge in [-0.1, -0.05) is 78.3 Å². The fourth-order valence-electron chi connectivity index (χ4n) is 3.91. The molecule has 0 saturated carbocycles. The molecule has 0 radical (unpaired) electrons. The molecular weight excluding hydrogens is 524 g/mol. The summed E-state index contributed by atoms with van der Waals surface area (Å²) >= 11 is 6.48. The van der Waals surface area contributed by atoms with Crippen molar-refractivity contribution in [3.63, 3.8) is 0 Å². The number of methoxy groups -OCH3 is 1. The number of carbonyl (C=O) groups is 1. The number of nitrogens with zero attached hydrogens (tertiary/aromatic N) is 2. The zero-order valence-corrected chi connectivity index (χ0v) is 21.7. The second-order valence-corrected chi connectivity index (χ2v) is 10.2. The highest BCUT2D eigenvalue weighted by molar-refractivity contribution is 7.87. The maximum Gasteiger partial charge on any atom is 0.339 e. The Hall–Kier alpha value is -4.40. The summed E-state index contributed by atoms with van der Waals surface area (Å²) in [6.07, 6.45) is 1.64. The van der Waals surface area contributed by atoms with Crippen molar-refractivity contribution in [2.75, 3.05) is 12.1 Å². The van der Waals surface area contributed by atoms with Crippen molar-refractivity contribution in [2.45, 2.75) is 4.90 Å². The number of para-hydroxylation sites is 1. The van der Waals surface area contributed by atoms with Crippen LogP contribution >= 0.6 is 11.6 Å². The van der Waals surface area contributed by atoms with Crippen molar-refractivity contribution < 1.29 is 22.1 Å². The van der Waals surface area contributed by atoms with Crippen LogP contribution in [0.3, 0.4) is 0 Å². The van der Waals surface area contributed by atoms with E-state index in [1.54, 1.807) is 42.5 Å². The van der Waals surface area contributed by atoms with Crippen LogP contribution in [0, 0.1) is 0 Å². The molecule has 0 saturated heterocycles. The van der Waals surface area contributed by atoms with E-state index in [-0.39, 0.29) is 27.3 Å². The Morgan fingerprint density at radius 3 is 2.11 bits per heavy atom. The summed E-state index contributed by atoms with van der Waals surface area (Å²) < 4.78 is 36.3. The van der Waals surface area contributed by atoms with Crippen LogP contribution < -0.4 is 13.9 Å². The van der Waals surface area contributed by atoms with Gasteiger partial charge in [0.1, 0.15) is 10.6 Å². The molecule has 0 spiro atoms. The van der Waals surface area contributed by atoms with Crippen LogP contribution in [-0.4, -0.2) is 27.1 Å². The lowest BCUT2D eigenvalue weighted by atomic mass is 10.00. The predicted molar refractivity (Wildman–Crippen MR) is 147 cm³/mol. The summed E-state index contributed by atoms with van der Waals surface area (Å²) in [5.74, 6) is -0.384. The van der Waals surface area contributed by atoms with Crippen molar-refractivity contribution in [3.8, 4) is 11.5 Å². The maximum absolute atomic E-state index is 13.5. The topological polar surface area (TPSA) is 85.3 Å². The second kappa shape index (κ2) is 10.5. The first-order valence-electron chi connectivity index (χ1n) is 11.5. The Morgan fingerprint density at radius 1 is 0.868 bits per heavy atom. The quantitative estimate of drug-likeness (QED) is 0.212. The third-order valence-electron chi connectivity index (χ3n) is 5.71. The minimum Gasteiger partial charge on any atom is -0.493 e. The molecule has 0 bridgehead atoms. The summed E-state index contributed by atoms with van der Waals surface area (Å²) in [5, 5.41) is 5.96. The summed E-state index contributed by atoms with van der Waals surface area (Å²) in [6.45, 7) is 0. The molecule has 0 aromatic heterocycles. The summed E-state index contributed by atoms with van der Waals surface area (Å²) in [5.41, 5.74) is 2.71. The number of hydrazone groups is 1. The van der Waals surface area contributed by atoms with Gasteiger partial charge in [-0.05, 0) is 48.0 Å². The molecule has 1 amide bonds. The number of hydrogen-bond acceptors (Lipinski definition) is 6. The molecule has 0 fully saturated rings. The van der Waals surface area contributed by atoms with Gasteiger partial charge in [0.25, 0.3) is 5.91 Å². The lowest BCUT2D eigenvalue weighted by Crippen LogP contribution is -2.21. The Kier molecular flexibility index (Phi) is 7.00. The van der Waals surface area contributed by atoms with E-state index in [9.17, 15) is 13.2 Å². The van der Waals surface area contributed by atoms with E-state index in [1.165, 1.54) is 30.3 Å². The molecule has 0 unspecified atom stereocenters. The molecule has 4 aromatic rings. The summed E-state index contributed by atoms with van der Waals surface area (Å²) in [6, 6.07) is 29.2. The third-order valence-corrected chi connectivity index (χ3v) is 7.23. The van der Waals surface area contributed by atoms with Gasteiger partial charge in [-0.2, -0.15) is 18.5 Å². The lowest BCUT2D eigenvalue weighted by molar-refractivity contribution is -0.114. The zero-order chi connectivity index (χ0) is 26.7. The SMILES string of the molecule is COc1cc(/C=C2\C(=O)N(c3ccccc3)N=C2c2ccccc2)cc(Cl)c1OS(=O)(=O)c1ccccc1. The second-order valence-electron chi connectivity index (χ2n) is 8.21. The van der Waals surface area contributed by atoms with Gasteiger partial charge in [-0.3, -0.25) is 4.79 Å². The van der Waals surface area contributed by atoms with Crippen LogP contribution in [0.5, 0.6) is 11.5 Å². The van der Waals surface area contributed by atoms with Gasteiger partial charge in [-0.15, -0.1) is 0 Å². The summed E-state index contributed by atoms with van der Waals surface area (Å²) in [4.78, 5) is 13.5. The number of halogens is 1. The fourth-order valence-corrected chi connectivity index (χ4v) is 5.20. The molecule has 1 aliphatic rings. The highest BCUT2D eigenvalue weighted by atomic mass is 35.5. The molecule has 38 heavy (non-hydrogen) atoms. The monoisotopic (exact) mass is 544 g/mol. The number of anilines is 1. The third kappa shape index (κ3) is 5.04. The first-order chi connectivity index (χ1) is 18.4. The molecular formula is C29H21ClN2O5S. The van der Waals surface area contributed by atoms with E-state index < -0.39 is 10.1 Å². The van der Waals surface area contributed by atoms with Crippen molar-refractivity contribution in [2.24, 2.45) is 5.10 Å². The van der Waals surface area contributed by atoms with Crippen LogP contribution in [0.15, 0.2) is 119 Å². The van der Waals surface area contributed by atoms with E-state index in [0.29, 0.717) is 22.5 Å². The van der Waals surface area contributed by atoms with Crippen LogP contribution in [0.2, 0.25) is 5.02 Å². The Bertz CT molecular complexity index is 1660. The maximum atomic E-state index is 13.5. The molecule has 1 aliphatic heterocycles. The standard InChI is InChI=1S/C29H21ClN2O5S/c1-36-26-19-20(18-25(30)28(26)37-38(34,35)23-15-9-4-10-16-23)17-24-27(21-11-5-2-6-12-21)31-32(29(24)33)22-13-7-3-8-14-22/h2-19H,1H3/b24-17-. The van der Waals surface area contributed by atoms with E-state index in [0.717, 1.165) is 5.56 Å². The predicted octanol–water partition coefficient (Wildman–Crippen LogP) is 5.95. The molecule has 4 aromatic carbocycles. The number of rotatable bonds is 7. The Balaban J connectivity index is 1.56. The van der Waals surface area contributed by atoms with Gasteiger partial charge < -0.3 is 8.92 Å². The number of amides is 1. The molecule has 0 N–H and O–H groups in total. The van der Waals surface area contributed by atoms with Crippen molar-refractivity contribution >= 4 is 45.1 Å². The molecule has 0 aliphatic carbocycles. The van der Waals surface area contributed by atoms with Gasteiger partial charge in [-0.25, -0.2) is 0 Å². The molecule has 0 atom stereocenters. The summed E-state index contributed by atoms with van der Waals surface area (Å²) in [7, 11) is -2.78. The fraction of sp³-hybridized carbons (Fsp3) is 0.0345. The largest absolute Gasteiger partial charge is 0.493 e. The molecule has 190 valence electrons. The van der Waals surface area contributed by atoms with Crippen molar-refractivity contribution in [1.82, 2.24) is 0 Å². The van der Waals surface area contributed by atoms with Gasteiger partial charge in [0.05, 0.1) is 23.4 Å². The Labute approximate surface area is 225 Å². The minimum absolute atomic E-state index is 0.000678. The number of hydrogen-bond donors (Lipinski definition) is 0. The van der Waals surface area contributed by atoms with E-state index in [4.69, 9.17) is 20.5 Å². The average molecular weight is 545 g/mol. The van der Waals surface area contributed by atoms with Gasteiger partial charge >= 0.3 is 10.1 Å². The molecule has 1 heterocycles. The van der Waals surface area contributed by atoms with Gasteiger partial charge in [0, 0.05) is 5.56 Å². The Morgan fingerprint density at radius 2 is 1.47 bits per heavy atom. The highest BCUT2D eigenvalue weighted by Gasteiger charge is 2.32. The molecule has 5 rings (SSSR count). The van der Waals surface area contributed by atoms with Gasteiger partial charge in [0.15, 0.2) is 5.75 Å². The molecule has 7 nitrogen and oxygen atoms in total. The van der Waals surface area contributed by atoms with Crippen LogP contribution in [0.25, 0.3) is 6.08 Å². The van der Waals surface area contributed by atoms with Gasteiger partial charge in [0.2, 0.25) is 5.75 Å². The van der Waals surface area contributed by atoms with Crippen molar-refractivity contribution in [1.29, 1.82) is 0 Å². The van der Waals surface area contributed by atoms with Crippen LogP contribution in [0.4, 0.5) is 5.69 Å². The lowest BCUT2D eigenvalue weighted by Gasteiger charge is -2.14. The van der Waals surface area contributed by atoms with E-state index in [2.05, 4.69) is 5.10 Å². The normalized spacial score (nSPS) is 14.5. The van der Waals surface area contributed by atoms with E-state index >= 15 is 0 Å². The number of benzene rings is 4. The first kappa shape index (κ1) is 25.3. The zero-order valence-electron chi connectivity index (χ0n) is 20.1. The van der Waals surface area contributed by atoms with Crippen molar-refractivity contribution in [3.05, 3.63) is 125 Å². The van der Waals surface area contributed by atoms with E-state index in [1.807, 2.05) is 48.5 Å². The molecule has 9 heteroatoms. The number of ether oxygens (including phenoxy) is 1. The first-order valence-corrected chi connectivity index (χ1v) is 13.3. The highest BCUT2D eigenvalue weighted by Crippen LogP contribution is 2.39. The minimum atomic E-state index is -4.15. The average Bonchev–Trinajstić information content (AvgIpc) is 3.27. The van der Waals surface area contributed by atoms with Crippen LogP contribution in [-0.2, 0) is 14.9 Å². The number of carbonyl (C=O) groups excluding carboxylic acids is 1.